The average Bonchev–Trinajstić information content (AvgIpc) is 2.36. The highest BCUT2D eigenvalue weighted by Gasteiger charge is 2.18. The highest BCUT2D eigenvalue weighted by Crippen LogP contribution is 2.25. The smallest absolute Gasteiger partial charge is 0.326 e. The minimum atomic E-state index is -0.839. The fraction of sp³-hybridized carbons (Fsp3) is 0.231. The highest BCUT2D eigenvalue weighted by atomic mass is 16.4. The Morgan fingerprint density at radius 1 is 1.35 bits per heavy atom. The summed E-state index contributed by atoms with van der Waals surface area (Å²) >= 11 is 0. The number of para-hydroxylation sites is 1. The quantitative estimate of drug-likeness (QED) is 0.877. The summed E-state index contributed by atoms with van der Waals surface area (Å²) in [6.07, 6.45) is 1.70. The predicted molar refractivity (Wildman–Crippen MR) is 67.2 cm³/mol. The van der Waals surface area contributed by atoms with E-state index < -0.39 is 12.0 Å². The van der Waals surface area contributed by atoms with Gasteiger partial charge in [0.15, 0.2) is 0 Å². The van der Waals surface area contributed by atoms with Crippen LogP contribution < -0.4 is 4.90 Å². The molecule has 1 atom stereocenters. The standard InChI is InChI=1S/C13H14N2O2/c1-9(13(16)17)15(2)12-7-8-14-11-6-4-3-5-10(11)12/h3-9H,1-2H3,(H,16,17). The third-order valence-corrected chi connectivity index (χ3v) is 2.94. The van der Waals surface area contributed by atoms with Gasteiger partial charge in [-0.1, -0.05) is 18.2 Å². The minimum Gasteiger partial charge on any atom is -0.480 e. The van der Waals surface area contributed by atoms with Gasteiger partial charge >= 0.3 is 5.97 Å². The Kier molecular flexibility index (Phi) is 2.95. The molecule has 0 aliphatic carbocycles. The van der Waals surface area contributed by atoms with Crippen LogP contribution in [-0.2, 0) is 4.79 Å². The maximum absolute atomic E-state index is 11.0. The first-order valence-electron chi connectivity index (χ1n) is 5.40. The number of aromatic nitrogens is 1. The summed E-state index contributed by atoms with van der Waals surface area (Å²) in [4.78, 5) is 17.0. The number of hydrogen-bond donors (Lipinski definition) is 1. The Labute approximate surface area is 99.5 Å². The molecule has 0 radical (unpaired) electrons. The molecule has 0 aliphatic rings. The normalized spacial score (nSPS) is 12.4. The van der Waals surface area contributed by atoms with Gasteiger partial charge in [-0.15, -0.1) is 0 Å². The maximum atomic E-state index is 11.0. The zero-order chi connectivity index (χ0) is 12.4. The Balaban J connectivity index is 2.52. The molecule has 2 rings (SSSR count). The van der Waals surface area contributed by atoms with Crippen molar-refractivity contribution in [1.29, 1.82) is 0 Å². The maximum Gasteiger partial charge on any atom is 0.326 e. The number of carboxylic acid groups (broad SMARTS) is 1. The van der Waals surface area contributed by atoms with Gasteiger partial charge in [-0.2, -0.15) is 0 Å². The van der Waals surface area contributed by atoms with E-state index in [0.29, 0.717) is 0 Å². The van der Waals surface area contributed by atoms with Crippen molar-refractivity contribution >= 4 is 22.6 Å². The van der Waals surface area contributed by atoms with Gasteiger partial charge in [-0.05, 0) is 19.1 Å². The lowest BCUT2D eigenvalue weighted by molar-refractivity contribution is -0.138. The van der Waals surface area contributed by atoms with Gasteiger partial charge in [0.05, 0.1) is 5.52 Å². The first-order chi connectivity index (χ1) is 8.11. The number of anilines is 1. The van der Waals surface area contributed by atoms with Crippen molar-refractivity contribution in [3.8, 4) is 0 Å². The number of aliphatic carboxylic acids is 1. The summed E-state index contributed by atoms with van der Waals surface area (Å²) in [6.45, 7) is 1.66. The van der Waals surface area contributed by atoms with Crippen molar-refractivity contribution in [1.82, 2.24) is 4.98 Å². The fourth-order valence-electron chi connectivity index (χ4n) is 1.76. The number of nitrogens with zero attached hydrogens (tertiary/aromatic N) is 2. The largest absolute Gasteiger partial charge is 0.480 e. The Morgan fingerprint density at radius 3 is 2.76 bits per heavy atom. The lowest BCUT2D eigenvalue weighted by Gasteiger charge is -2.24. The van der Waals surface area contributed by atoms with Crippen LogP contribution in [0.2, 0.25) is 0 Å². The average molecular weight is 230 g/mol. The zero-order valence-corrected chi connectivity index (χ0v) is 9.79. The molecule has 1 N–H and O–H groups in total. The predicted octanol–water partition coefficient (Wildman–Crippen LogP) is 2.14. The second kappa shape index (κ2) is 4.41. The number of fused-ring (bicyclic) bond motifs is 1. The molecule has 0 fully saturated rings. The van der Waals surface area contributed by atoms with Crippen LogP contribution in [0.1, 0.15) is 6.92 Å². The lowest BCUT2D eigenvalue weighted by Crippen LogP contribution is -2.35. The van der Waals surface area contributed by atoms with Gasteiger partial charge in [0.2, 0.25) is 0 Å². The molecule has 1 heterocycles. The number of hydrogen-bond acceptors (Lipinski definition) is 3. The number of benzene rings is 1. The summed E-state index contributed by atoms with van der Waals surface area (Å²) in [5.41, 5.74) is 1.75. The fourth-order valence-corrected chi connectivity index (χ4v) is 1.76. The van der Waals surface area contributed by atoms with E-state index in [1.807, 2.05) is 30.3 Å². The lowest BCUT2D eigenvalue weighted by atomic mass is 10.1. The molecule has 0 saturated carbocycles. The first-order valence-corrected chi connectivity index (χ1v) is 5.40. The van der Waals surface area contributed by atoms with Gasteiger partial charge in [-0.25, -0.2) is 4.79 Å². The number of carbonyl (C=O) groups is 1. The van der Waals surface area contributed by atoms with Crippen molar-refractivity contribution in [3.05, 3.63) is 36.5 Å². The second-order valence-corrected chi connectivity index (χ2v) is 3.97. The first kappa shape index (κ1) is 11.4. The van der Waals surface area contributed by atoms with Crippen molar-refractivity contribution in [2.24, 2.45) is 0 Å². The van der Waals surface area contributed by atoms with Gasteiger partial charge in [0, 0.05) is 24.3 Å². The van der Waals surface area contributed by atoms with E-state index in [1.165, 1.54) is 0 Å². The summed E-state index contributed by atoms with van der Waals surface area (Å²) in [5, 5.41) is 9.99. The Bertz CT molecular complexity index is 549. The van der Waals surface area contributed by atoms with Gasteiger partial charge in [-0.3, -0.25) is 4.98 Å². The van der Waals surface area contributed by atoms with E-state index in [1.54, 1.807) is 25.1 Å². The molecule has 1 aromatic carbocycles. The van der Waals surface area contributed by atoms with E-state index >= 15 is 0 Å². The molecule has 1 unspecified atom stereocenters. The van der Waals surface area contributed by atoms with E-state index in [9.17, 15) is 4.79 Å². The second-order valence-electron chi connectivity index (χ2n) is 3.97. The SMILES string of the molecule is CC(C(=O)O)N(C)c1ccnc2ccccc12. The molecule has 0 spiro atoms. The van der Waals surface area contributed by atoms with E-state index in [-0.39, 0.29) is 0 Å². The molecule has 88 valence electrons. The van der Waals surface area contributed by atoms with Crippen LogP contribution in [0.5, 0.6) is 0 Å². The summed E-state index contributed by atoms with van der Waals surface area (Å²) in [5.74, 6) is -0.839. The molecule has 0 amide bonds. The van der Waals surface area contributed by atoms with Gasteiger partial charge in [0.25, 0.3) is 0 Å². The van der Waals surface area contributed by atoms with E-state index in [4.69, 9.17) is 5.11 Å². The van der Waals surface area contributed by atoms with Crippen LogP contribution in [0.15, 0.2) is 36.5 Å². The monoisotopic (exact) mass is 230 g/mol. The zero-order valence-electron chi connectivity index (χ0n) is 9.79. The minimum absolute atomic E-state index is 0.569. The van der Waals surface area contributed by atoms with Crippen LogP contribution >= 0.6 is 0 Å². The summed E-state index contributed by atoms with van der Waals surface area (Å²) < 4.78 is 0. The molecular weight excluding hydrogens is 216 g/mol. The number of carboxylic acids is 1. The molecule has 4 heteroatoms. The molecule has 0 aliphatic heterocycles. The molecule has 2 aromatic rings. The van der Waals surface area contributed by atoms with Crippen LogP contribution in [-0.4, -0.2) is 29.1 Å². The molecule has 4 nitrogen and oxygen atoms in total. The summed E-state index contributed by atoms with van der Waals surface area (Å²) in [7, 11) is 1.78. The van der Waals surface area contributed by atoms with Gasteiger partial charge < -0.3 is 10.0 Å². The molecule has 17 heavy (non-hydrogen) atoms. The molecular formula is C13H14N2O2. The van der Waals surface area contributed by atoms with E-state index in [2.05, 4.69) is 4.98 Å². The third kappa shape index (κ3) is 2.06. The topological polar surface area (TPSA) is 53.4 Å². The van der Waals surface area contributed by atoms with Crippen molar-refractivity contribution in [2.45, 2.75) is 13.0 Å². The van der Waals surface area contributed by atoms with E-state index in [0.717, 1.165) is 16.6 Å². The molecule has 1 aromatic heterocycles. The Hall–Kier alpha value is -2.10. The molecule has 0 saturated heterocycles. The third-order valence-electron chi connectivity index (χ3n) is 2.94. The number of likely N-dealkylation sites (N-methyl/N-ethyl adjacent to an activating group) is 1. The van der Waals surface area contributed by atoms with Crippen molar-refractivity contribution < 1.29 is 9.90 Å². The van der Waals surface area contributed by atoms with Crippen molar-refractivity contribution in [2.75, 3.05) is 11.9 Å². The highest BCUT2D eigenvalue weighted by molar-refractivity contribution is 5.93. The Morgan fingerprint density at radius 2 is 2.06 bits per heavy atom. The van der Waals surface area contributed by atoms with Crippen LogP contribution in [0, 0.1) is 0 Å². The van der Waals surface area contributed by atoms with Crippen LogP contribution in [0.3, 0.4) is 0 Å². The van der Waals surface area contributed by atoms with Gasteiger partial charge in [0.1, 0.15) is 6.04 Å². The number of rotatable bonds is 3. The molecule has 0 bridgehead atoms. The number of pyridine rings is 1. The van der Waals surface area contributed by atoms with Crippen molar-refractivity contribution in [3.63, 3.8) is 0 Å². The summed E-state index contributed by atoms with van der Waals surface area (Å²) in [6, 6.07) is 8.97. The van der Waals surface area contributed by atoms with Crippen LogP contribution in [0.25, 0.3) is 10.9 Å². The van der Waals surface area contributed by atoms with Crippen LogP contribution in [0.4, 0.5) is 5.69 Å².